The van der Waals surface area contributed by atoms with E-state index in [0.717, 1.165) is 19.2 Å². The lowest BCUT2D eigenvalue weighted by Crippen LogP contribution is -2.44. The molecule has 0 saturated carbocycles. The lowest BCUT2D eigenvalue weighted by molar-refractivity contribution is -0.138. The average molecular weight is 538 g/mol. The van der Waals surface area contributed by atoms with Crippen LogP contribution in [-0.4, -0.2) is 63.9 Å². The van der Waals surface area contributed by atoms with Gasteiger partial charge in [-0.15, -0.1) is 0 Å². The van der Waals surface area contributed by atoms with Crippen LogP contribution in [0.15, 0.2) is 60.9 Å². The summed E-state index contributed by atoms with van der Waals surface area (Å²) >= 11 is 0. The number of nitrogens with zero attached hydrogens (tertiary/aromatic N) is 5. The van der Waals surface area contributed by atoms with Gasteiger partial charge in [-0.2, -0.15) is 18.2 Å². The fourth-order valence-corrected chi connectivity index (χ4v) is 4.43. The molecule has 1 amide bonds. The minimum Gasteiger partial charge on any atom is -0.439 e. The van der Waals surface area contributed by atoms with Crippen molar-refractivity contribution in [2.45, 2.75) is 12.7 Å². The molecule has 9 nitrogen and oxygen atoms in total. The molecular weight excluding hydrogens is 511 g/mol. The maximum Gasteiger partial charge on any atom is 0.416 e. The quantitative estimate of drug-likeness (QED) is 0.372. The molecule has 1 aliphatic heterocycles. The summed E-state index contributed by atoms with van der Waals surface area (Å²) in [5.74, 6) is 0.143. The standard InChI is InChI=1S/C27H26F3N7O2/c1-36-10-12-37(13-11-36)16-18-2-3-19(15-22(18)27(28,29)30)34-25(38)24-21-5-4-20(14-17(21)6-8-32-24)39-23-7-9-33-26(31)35-23/h2-9,14-15H,10-13,16H2,1H3,(H,34,38)(H2,31,33,35). The van der Waals surface area contributed by atoms with Gasteiger partial charge in [-0.05, 0) is 54.4 Å². The van der Waals surface area contributed by atoms with Gasteiger partial charge in [-0.3, -0.25) is 14.7 Å². The van der Waals surface area contributed by atoms with E-state index in [1.807, 2.05) is 11.9 Å². The molecule has 0 spiro atoms. The van der Waals surface area contributed by atoms with Crippen LogP contribution in [0, 0.1) is 0 Å². The largest absolute Gasteiger partial charge is 0.439 e. The van der Waals surface area contributed by atoms with Crippen molar-refractivity contribution in [3.05, 3.63) is 77.7 Å². The Balaban J connectivity index is 1.36. The van der Waals surface area contributed by atoms with E-state index in [1.165, 1.54) is 24.5 Å². The highest BCUT2D eigenvalue weighted by Crippen LogP contribution is 2.35. The van der Waals surface area contributed by atoms with Gasteiger partial charge >= 0.3 is 6.18 Å². The van der Waals surface area contributed by atoms with Crippen LogP contribution in [-0.2, 0) is 12.7 Å². The molecule has 12 heteroatoms. The molecule has 0 bridgehead atoms. The van der Waals surface area contributed by atoms with Gasteiger partial charge in [0.2, 0.25) is 11.8 Å². The zero-order chi connectivity index (χ0) is 27.6. The fraction of sp³-hybridized carbons (Fsp3) is 0.259. The summed E-state index contributed by atoms with van der Waals surface area (Å²) in [5.41, 5.74) is 5.10. The van der Waals surface area contributed by atoms with Gasteiger partial charge in [0, 0.05) is 62.3 Å². The number of nitrogen functional groups attached to an aromatic ring is 1. The predicted molar refractivity (Wildman–Crippen MR) is 140 cm³/mol. The van der Waals surface area contributed by atoms with Crippen molar-refractivity contribution < 1.29 is 22.7 Å². The van der Waals surface area contributed by atoms with Crippen molar-refractivity contribution in [3.63, 3.8) is 0 Å². The monoisotopic (exact) mass is 537 g/mol. The summed E-state index contributed by atoms with van der Waals surface area (Å²) in [6, 6.07) is 12.1. The van der Waals surface area contributed by atoms with E-state index in [-0.39, 0.29) is 35.3 Å². The van der Waals surface area contributed by atoms with E-state index in [2.05, 4.69) is 25.2 Å². The Morgan fingerprint density at radius 3 is 2.54 bits per heavy atom. The summed E-state index contributed by atoms with van der Waals surface area (Å²) < 4.78 is 47.6. The molecule has 1 saturated heterocycles. The van der Waals surface area contributed by atoms with Crippen LogP contribution in [0.1, 0.15) is 21.6 Å². The van der Waals surface area contributed by atoms with Crippen LogP contribution < -0.4 is 15.8 Å². The van der Waals surface area contributed by atoms with Crippen molar-refractivity contribution >= 4 is 28.3 Å². The molecule has 2 aromatic carbocycles. The Labute approximate surface area is 222 Å². The molecule has 5 rings (SSSR count). The second kappa shape index (κ2) is 10.8. The first kappa shape index (κ1) is 26.3. The molecule has 1 fully saturated rings. The van der Waals surface area contributed by atoms with Crippen LogP contribution in [0.2, 0.25) is 0 Å². The summed E-state index contributed by atoms with van der Waals surface area (Å²) in [5, 5.41) is 3.73. The number of carbonyl (C=O) groups excluding carboxylic acids is 1. The zero-order valence-electron chi connectivity index (χ0n) is 21.1. The van der Waals surface area contributed by atoms with Crippen molar-refractivity contribution in [1.29, 1.82) is 0 Å². The molecular formula is C27H26F3N7O2. The molecule has 0 radical (unpaired) electrons. The third-order valence-corrected chi connectivity index (χ3v) is 6.49. The van der Waals surface area contributed by atoms with Gasteiger partial charge in [0.25, 0.3) is 5.91 Å². The number of piperazine rings is 1. The Morgan fingerprint density at radius 2 is 1.79 bits per heavy atom. The van der Waals surface area contributed by atoms with E-state index < -0.39 is 17.6 Å². The lowest BCUT2D eigenvalue weighted by Gasteiger charge is -2.33. The van der Waals surface area contributed by atoms with Gasteiger partial charge in [-0.25, -0.2) is 4.98 Å². The molecule has 4 aromatic rings. The Bertz CT molecular complexity index is 1500. The van der Waals surface area contributed by atoms with Crippen molar-refractivity contribution in [2.24, 2.45) is 0 Å². The van der Waals surface area contributed by atoms with Crippen molar-refractivity contribution in [1.82, 2.24) is 24.8 Å². The topological polar surface area (TPSA) is 110 Å². The van der Waals surface area contributed by atoms with Gasteiger partial charge in [0.1, 0.15) is 11.4 Å². The number of halogens is 3. The van der Waals surface area contributed by atoms with Crippen LogP contribution in [0.4, 0.5) is 24.8 Å². The van der Waals surface area contributed by atoms with Gasteiger partial charge < -0.3 is 20.7 Å². The van der Waals surface area contributed by atoms with E-state index >= 15 is 0 Å². The number of carbonyl (C=O) groups is 1. The number of benzene rings is 2. The minimum absolute atomic E-state index is 0.0366. The smallest absolute Gasteiger partial charge is 0.416 e. The minimum atomic E-state index is -4.56. The number of alkyl halides is 3. The zero-order valence-corrected chi connectivity index (χ0v) is 21.1. The average Bonchev–Trinajstić information content (AvgIpc) is 2.90. The SMILES string of the molecule is CN1CCN(Cc2ccc(NC(=O)c3nccc4cc(Oc5ccnc(N)n5)ccc34)cc2C(F)(F)F)CC1. The van der Waals surface area contributed by atoms with Gasteiger partial charge in [-0.1, -0.05) is 6.07 Å². The maximum atomic E-state index is 14.0. The number of nitrogens with two attached hydrogens (primary N) is 1. The molecule has 202 valence electrons. The number of hydrogen-bond donors (Lipinski definition) is 2. The van der Waals surface area contributed by atoms with Crippen molar-refractivity contribution in [2.75, 3.05) is 44.3 Å². The second-order valence-corrected chi connectivity index (χ2v) is 9.30. The third kappa shape index (κ3) is 6.24. The molecule has 0 aliphatic carbocycles. The molecule has 0 unspecified atom stereocenters. The molecule has 0 atom stereocenters. The van der Waals surface area contributed by atoms with E-state index in [4.69, 9.17) is 10.5 Å². The van der Waals surface area contributed by atoms with Gasteiger partial charge in [0.05, 0.1) is 5.56 Å². The Kier molecular flexibility index (Phi) is 7.31. The first-order chi connectivity index (χ1) is 18.7. The molecule has 1 aliphatic rings. The highest BCUT2D eigenvalue weighted by atomic mass is 19.4. The number of hydrogen-bond acceptors (Lipinski definition) is 8. The number of fused-ring (bicyclic) bond motifs is 1. The number of nitrogens with one attached hydrogen (secondary N) is 1. The van der Waals surface area contributed by atoms with Crippen LogP contribution in [0.5, 0.6) is 11.6 Å². The Hall–Kier alpha value is -4.29. The number of rotatable bonds is 6. The predicted octanol–water partition coefficient (Wildman–Crippen LogP) is 4.42. The number of pyridine rings is 1. The number of ether oxygens (including phenoxy) is 1. The summed E-state index contributed by atoms with van der Waals surface area (Å²) in [6.45, 7) is 3.18. The fourth-order valence-electron chi connectivity index (χ4n) is 4.43. The highest BCUT2D eigenvalue weighted by molar-refractivity contribution is 6.11. The van der Waals surface area contributed by atoms with E-state index in [1.54, 1.807) is 30.3 Å². The first-order valence-corrected chi connectivity index (χ1v) is 12.2. The molecule has 2 aromatic heterocycles. The Morgan fingerprint density at radius 1 is 1.03 bits per heavy atom. The lowest BCUT2D eigenvalue weighted by atomic mass is 10.0. The highest BCUT2D eigenvalue weighted by Gasteiger charge is 2.34. The number of likely N-dealkylation sites (N-methyl/N-ethyl adjacent to an activating group) is 1. The number of anilines is 2. The second-order valence-electron chi connectivity index (χ2n) is 9.30. The number of aromatic nitrogens is 3. The summed E-state index contributed by atoms with van der Waals surface area (Å²) in [7, 11) is 1.99. The van der Waals surface area contributed by atoms with Crippen LogP contribution in [0.25, 0.3) is 10.8 Å². The summed E-state index contributed by atoms with van der Waals surface area (Å²) in [6.07, 6.45) is -1.65. The molecule has 3 heterocycles. The van der Waals surface area contributed by atoms with E-state index in [0.29, 0.717) is 29.6 Å². The van der Waals surface area contributed by atoms with Gasteiger partial charge in [0.15, 0.2) is 0 Å². The normalized spacial score (nSPS) is 14.9. The van der Waals surface area contributed by atoms with Crippen molar-refractivity contribution in [3.8, 4) is 11.6 Å². The third-order valence-electron chi connectivity index (χ3n) is 6.49. The summed E-state index contributed by atoms with van der Waals surface area (Å²) in [4.78, 5) is 29.2. The number of amides is 1. The first-order valence-electron chi connectivity index (χ1n) is 12.2. The van der Waals surface area contributed by atoms with E-state index in [9.17, 15) is 18.0 Å². The molecule has 3 N–H and O–H groups in total. The van der Waals surface area contributed by atoms with Crippen LogP contribution in [0.3, 0.4) is 0 Å². The molecule has 39 heavy (non-hydrogen) atoms. The maximum absolute atomic E-state index is 14.0. The van der Waals surface area contributed by atoms with Crippen LogP contribution >= 0.6 is 0 Å².